The predicted molar refractivity (Wildman–Crippen MR) is 84.4 cm³/mol. The smallest absolute Gasteiger partial charge is 0.107 e. The maximum atomic E-state index is 6.05. The molecule has 2 atom stereocenters. The fourth-order valence-electron chi connectivity index (χ4n) is 3.60. The Hall–Kier alpha value is -0.750. The van der Waals surface area contributed by atoms with Gasteiger partial charge in [-0.3, -0.25) is 4.90 Å². The molecule has 1 aromatic heterocycles. The number of hydrogen-bond acceptors (Lipinski definition) is 5. The monoisotopic (exact) mass is 308 g/mol. The summed E-state index contributed by atoms with van der Waals surface area (Å²) >= 11 is 1.74. The van der Waals surface area contributed by atoms with Crippen LogP contribution in [0.5, 0.6) is 0 Å². The molecule has 21 heavy (non-hydrogen) atoms. The minimum absolute atomic E-state index is 0.150. The Morgan fingerprint density at radius 2 is 2.57 bits per heavy atom. The molecule has 0 radical (unpaired) electrons. The molecule has 0 unspecified atom stereocenters. The molecule has 3 heterocycles. The Morgan fingerprint density at radius 3 is 3.38 bits per heavy atom. The maximum absolute atomic E-state index is 6.05. The van der Waals surface area contributed by atoms with Crippen molar-refractivity contribution in [3.8, 4) is 0 Å². The summed E-state index contributed by atoms with van der Waals surface area (Å²) in [7, 11) is 0. The number of hydrogen-bond donors (Lipinski definition) is 0. The summed E-state index contributed by atoms with van der Waals surface area (Å²) in [6, 6.07) is 0. The van der Waals surface area contributed by atoms with Gasteiger partial charge in [-0.15, -0.1) is 17.9 Å². The molecule has 2 saturated heterocycles. The number of piperidine rings is 1. The summed E-state index contributed by atoms with van der Waals surface area (Å²) in [6.45, 7) is 9.13. The Balaban J connectivity index is 1.66. The Morgan fingerprint density at radius 1 is 1.62 bits per heavy atom. The van der Waals surface area contributed by atoms with E-state index < -0.39 is 0 Å². The molecule has 4 nitrogen and oxygen atoms in total. The van der Waals surface area contributed by atoms with Crippen LogP contribution in [0.1, 0.15) is 24.3 Å². The van der Waals surface area contributed by atoms with E-state index >= 15 is 0 Å². The molecule has 0 saturated carbocycles. The van der Waals surface area contributed by atoms with Crippen LogP contribution in [0.15, 0.2) is 24.2 Å². The highest BCUT2D eigenvalue weighted by Gasteiger charge is 2.46. The second-order valence-electron chi connectivity index (χ2n) is 6.05. The molecule has 1 aromatic rings. The van der Waals surface area contributed by atoms with E-state index in [1.807, 2.05) is 12.3 Å². The summed E-state index contributed by atoms with van der Waals surface area (Å²) in [5.41, 5.74) is 0.150. The van der Waals surface area contributed by atoms with Crippen molar-refractivity contribution in [1.29, 1.82) is 0 Å². The topological polar surface area (TPSA) is 34.6 Å². The molecule has 0 aliphatic carbocycles. The summed E-state index contributed by atoms with van der Waals surface area (Å²) in [5, 5.41) is 3.25. The van der Waals surface area contributed by atoms with E-state index in [2.05, 4.69) is 21.8 Å². The molecule has 0 bridgehead atoms. The van der Waals surface area contributed by atoms with Gasteiger partial charge in [0.15, 0.2) is 0 Å². The van der Waals surface area contributed by atoms with Gasteiger partial charge in [-0.2, -0.15) is 0 Å². The Labute approximate surface area is 130 Å². The van der Waals surface area contributed by atoms with Crippen LogP contribution >= 0.6 is 11.3 Å². The molecular formula is C16H24N2O2S. The molecule has 0 N–H and O–H groups in total. The Kier molecular flexibility index (Phi) is 5.06. The van der Waals surface area contributed by atoms with Crippen molar-refractivity contribution in [3.05, 3.63) is 29.2 Å². The van der Waals surface area contributed by atoms with Crippen LogP contribution in [0.4, 0.5) is 0 Å². The molecule has 0 amide bonds. The number of fused-ring (bicyclic) bond motifs is 1. The molecule has 3 rings (SSSR count). The quantitative estimate of drug-likeness (QED) is 0.598. The predicted octanol–water partition coefficient (Wildman–Crippen LogP) is 2.72. The highest BCUT2D eigenvalue weighted by molar-refractivity contribution is 7.09. The van der Waals surface area contributed by atoms with Crippen LogP contribution in [0.2, 0.25) is 0 Å². The zero-order valence-electron chi connectivity index (χ0n) is 12.5. The van der Waals surface area contributed by atoms with E-state index in [9.17, 15) is 0 Å². The third-order valence-electron chi connectivity index (χ3n) is 4.53. The molecule has 0 spiro atoms. The van der Waals surface area contributed by atoms with Crippen LogP contribution < -0.4 is 0 Å². The number of ether oxygens (including phenoxy) is 2. The largest absolute Gasteiger partial charge is 0.377 e. The Bertz CT molecular complexity index is 451. The fourth-order valence-corrected chi connectivity index (χ4v) is 4.25. The summed E-state index contributed by atoms with van der Waals surface area (Å²) in [5.74, 6) is 0. The van der Waals surface area contributed by atoms with Gasteiger partial charge in [0.2, 0.25) is 0 Å². The van der Waals surface area contributed by atoms with Crippen molar-refractivity contribution in [2.45, 2.75) is 31.9 Å². The lowest BCUT2D eigenvalue weighted by Crippen LogP contribution is -2.56. The number of nitrogens with zero attached hydrogens (tertiary/aromatic N) is 2. The molecular weight excluding hydrogens is 284 g/mol. The normalized spacial score (nSPS) is 30.0. The van der Waals surface area contributed by atoms with Gasteiger partial charge in [0, 0.05) is 36.7 Å². The van der Waals surface area contributed by atoms with Gasteiger partial charge in [-0.05, 0) is 19.3 Å². The van der Waals surface area contributed by atoms with Crippen molar-refractivity contribution in [3.63, 3.8) is 0 Å². The van der Waals surface area contributed by atoms with E-state index in [-0.39, 0.29) is 5.41 Å². The second-order valence-corrected chi connectivity index (χ2v) is 7.03. The average Bonchev–Trinajstić information content (AvgIpc) is 3.00. The number of aromatic nitrogens is 1. The minimum atomic E-state index is 0.150. The standard InChI is InChI=1S/C16H24N2O2S/c1-2-8-19-13-16-5-3-9-20-14(16)4-7-18(12-16)11-15-17-6-10-21-15/h2,6,10,14H,1,3-5,7-9,11-13H2/t14-,16-/m0/s1. The number of thiazole rings is 1. The van der Waals surface area contributed by atoms with Gasteiger partial charge in [0.05, 0.1) is 25.9 Å². The number of rotatable bonds is 6. The van der Waals surface area contributed by atoms with Gasteiger partial charge in [-0.1, -0.05) is 6.08 Å². The summed E-state index contributed by atoms with van der Waals surface area (Å²) < 4.78 is 11.9. The second kappa shape index (κ2) is 7.01. The first kappa shape index (κ1) is 15.2. The average molecular weight is 308 g/mol. The zero-order chi connectivity index (χ0) is 14.5. The van der Waals surface area contributed by atoms with Gasteiger partial charge >= 0.3 is 0 Å². The first-order valence-corrected chi connectivity index (χ1v) is 8.61. The van der Waals surface area contributed by atoms with Gasteiger partial charge in [0.1, 0.15) is 5.01 Å². The molecule has 5 heteroatoms. The fraction of sp³-hybridized carbons (Fsp3) is 0.688. The third-order valence-corrected chi connectivity index (χ3v) is 5.30. The van der Waals surface area contributed by atoms with E-state index in [1.54, 1.807) is 11.3 Å². The summed E-state index contributed by atoms with van der Waals surface area (Å²) in [6.07, 6.45) is 7.50. The first-order chi connectivity index (χ1) is 10.3. The van der Waals surface area contributed by atoms with Crippen LogP contribution in [0.3, 0.4) is 0 Å². The molecule has 2 fully saturated rings. The maximum Gasteiger partial charge on any atom is 0.107 e. The van der Waals surface area contributed by atoms with Crippen LogP contribution in [-0.2, 0) is 16.0 Å². The van der Waals surface area contributed by atoms with Gasteiger partial charge < -0.3 is 9.47 Å². The highest BCUT2D eigenvalue weighted by Crippen LogP contribution is 2.40. The van der Waals surface area contributed by atoms with Crippen LogP contribution in [0.25, 0.3) is 0 Å². The molecule has 116 valence electrons. The van der Waals surface area contributed by atoms with E-state index in [0.29, 0.717) is 12.7 Å². The molecule has 2 aliphatic heterocycles. The third kappa shape index (κ3) is 3.54. The van der Waals surface area contributed by atoms with E-state index in [0.717, 1.165) is 45.7 Å². The lowest BCUT2D eigenvalue weighted by molar-refractivity contribution is -0.152. The van der Waals surface area contributed by atoms with Crippen molar-refractivity contribution in [2.24, 2.45) is 5.41 Å². The summed E-state index contributed by atoms with van der Waals surface area (Å²) in [4.78, 5) is 6.93. The molecule has 2 aliphatic rings. The van der Waals surface area contributed by atoms with Gasteiger partial charge in [-0.25, -0.2) is 4.98 Å². The lowest BCUT2D eigenvalue weighted by atomic mass is 9.73. The highest BCUT2D eigenvalue weighted by atomic mass is 32.1. The minimum Gasteiger partial charge on any atom is -0.377 e. The molecule has 0 aromatic carbocycles. The number of likely N-dealkylation sites (tertiary alicyclic amines) is 1. The van der Waals surface area contributed by atoms with Gasteiger partial charge in [0.25, 0.3) is 0 Å². The van der Waals surface area contributed by atoms with E-state index in [4.69, 9.17) is 9.47 Å². The van der Waals surface area contributed by atoms with Crippen molar-refractivity contribution in [1.82, 2.24) is 9.88 Å². The van der Waals surface area contributed by atoms with Crippen LogP contribution in [0, 0.1) is 5.41 Å². The van der Waals surface area contributed by atoms with Crippen molar-refractivity contribution >= 4 is 11.3 Å². The van der Waals surface area contributed by atoms with Crippen LogP contribution in [-0.4, -0.2) is 48.9 Å². The lowest BCUT2D eigenvalue weighted by Gasteiger charge is -2.50. The van der Waals surface area contributed by atoms with E-state index in [1.165, 1.54) is 11.4 Å². The first-order valence-electron chi connectivity index (χ1n) is 7.73. The zero-order valence-corrected chi connectivity index (χ0v) is 13.3. The van der Waals surface area contributed by atoms with Crippen molar-refractivity contribution < 1.29 is 9.47 Å². The van der Waals surface area contributed by atoms with Crippen molar-refractivity contribution in [2.75, 3.05) is 32.9 Å². The SMILES string of the molecule is C=CCOC[C@@]12CCCO[C@H]1CCN(Cc1nccs1)C2.